The first-order chi connectivity index (χ1) is 7.90. The Bertz CT molecular complexity index is 444. The van der Waals surface area contributed by atoms with Gasteiger partial charge in [0.2, 0.25) is 5.91 Å². The number of rotatable bonds is 4. The largest absolute Gasteiger partial charge is 0.393 e. The van der Waals surface area contributed by atoms with Crippen molar-refractivity contribution >= 4 is 17.3 Å². The second-order valence-electron chi connectivity index (χ2n) is 4.05. The van der Waals surface area contributed by atoms with Crippen molar-refractivity contribution in [3.05, 3.63) is 33.9 Å². The molecule has 0 unspecified atom stereocenters. The van der Waals surface area contributed by atoms with Gasteiger partial charge in [-0.15, -0.1) is 0 Å². The number of nitrogens with one attached hydrogen (secondary N) is 1. The molecule has 17 heavy (non-hydrogen) atoms. The Hall–Kier alpha value is -2.11. The Balaban J connectivity index is 2.82. The maximum Gasteiger partial charge on any atom is 0.292 e. The molecule has 0 radical (unpaired) electrons. The first kappa shape index (κ1) is 13.0. The molecule has 0 saturated carbocycles. The van der Waals surface area contributed by atoms with Crippen molar-refractivity contribution in [2.75, 3.05) is 5.73 Å². The topological polar surface area (TPSA) is 98.3 Å². The summed E-state index contributed by atoms with van der Waals surface area (Å²) >= 11 is 0. The molecule has 1 rings (SSSR count). The van der Waals surface area contributed by atoms with Crippen molar-refractivity contribution in [2.24, 2.45) is 0 Å². The van der Waals surface area contributed by atoms with E-state index in [0.717, 1.165) is 0 Å². The lowest BCUT2D eigenvalue weighted by Gasteiger charge is -2.08. The maximum absolute atomic E-state index is 11.5. The SMILES string of the molecule is CC(C)NC(=O)Cc1ccc(N)c([N+](=O)[O-])c1. The van der Waals surface area contributed by atoms with E-state index in [4.69, 9.17) is 5.73 Å². The fourth-order valence-corrected chi connectivity index (χ4v) is 1.42. The standard InChI is InChI=1S/C11H15N3O3/c1-7(2)13-11(15)6-8-3-4-9(12)10(5-8)14(16)17/h3-5,7H,6,12H2,1-2H3,(H,13,15). The molecular weight excluding hydrogens is 222 g/mol. The van der Waals surface area contributed by atoms with Crippen LogP contribution in [0, 0.1) is 10.1 Å². The summed E-state index contributed by atoms with van der Waals surface area (Å²) in [7, 11) is 0. The quantitative estimate of drug-likeness (QED) is 0.467. The molecule has 1 amide bonds. The number of nitrogen functional groups attached to an aromatic ring is 1. The summed E-state index contributed by atoms with van der Waals surface area (Å²) in [6, 6.07) is 4.43. The van der Waals surface area contributed by atoms with Gasteiger partial charge in [0.1, 0.15) is 5.69 Å². The molecule has 92 valence electrons. The maximum atomic E-state index is 11.5. The van der Waals surface area contributed by atoms with E-state index in [2.05, 4.69) is 5.32 Å². The van der Waals surface area contributed by atoms with Crippen LogP contribution in [0.5, 0.6) is 0 Å². The number of carbonyl (C=O) groups is 1. The molecule has 0 fully saturated rings. The number of benzene rings is 1. The Kier molecular flexibility index (Phi) is 4.03. The molecule has 0 spiro atoms. The van der Waals surface area contributed by atoms with Gasteiger partial charge in [0.05, 0.1) is 11.3 Å². The molecule has 0 saturated heterocycles. The smallest absolute Gasteiger partial charge is 0.292 e. The summed E-state index contributed by atoms with van der Waals surface area (Å²) in [5.41, 5.74) is 5.97. The van der Waals surface area contributed by atoms with Gasteiger partial charge in [0.15, 0.2) is 0 Å². The normalized spacial score (nSPS) is 10.3. The lowest BCUT2D eigenvalue weighted by Crippen LogP contribution is -2.31. The van der Waals surface area contributed by atoms with E-state index >= 15 is 0 Å². The number of amides is 1. The number of nitrogens with zero attached hydrogens (tertiary/aromatic N) is 1. The fourth-order valence-electron chi connectivity index (χ4n) is 1.42. The highest BCUT2D eigenvalue weighted by molar-refractivity contribution is 5.79. The van der Waals surface area contributed by atoms with Gasteiger partial charge in [0.25, 0.3) is 5.69 Å². The highest BCUT2D eigenvalue weighted by atomic mass is 16.6. The van der Waals surface area contributed by atoms with E-state index in [0.29, 0.717) is 5.56 Å². The predicted molar refractivity (Wildman–Crippen MR) is 64.5 cm³/mol. The summed E-state index contributed by atoms with van der Waals surface area (Å²) in [5, 5.41) is 13.4. The first-order valence-electron chi connectivity index (χ1n) is 5.22. The summed E-state index contributed by atoms with van der Waals surface area (Å²) in [5.74, 6) is -0.168. The molecule has 6 heteroatoms. The molecule has 0 heterocycles. The van der Waals surface area contributed by atoms with Crippen LogP contribution in [-0.4, -0.2) is 16.9 Å². The van der Waals surface area contributed by atoms with Crippen molar-refractivity contribution in [1.82, 2.24) is 5.32 Å². The number of anilines is 1. The van der Waals surface area contributed by atoms with Gasteiger partial charge in [-0.1, -0.05) is 6.07 Å². The van der Waals surface area contributed by atoms with Crippen LogP contribution in [0.25, 0.3) is 0 Å². The van der Waals surface area contributed by atoms with Crippen LogP contribution < -0.4 is 11.1 Å². The Morgan fingerprint density at radius 2 is 2.18 bits per heavy atom. The number of nitro benzene ring substituents is 1. The molecule has 3 N–H and O–H groups in total. The van der Waals surface area contributed by atoms with E-state index in [1.165, 1.54) is 12.1 Å². The molecular formula is C11H15N3O3. The molecule has 6 nitrogen and oxygen atoms in total. The second kappa shape index (κ2) is 5.29. The average molecular weight is 237 g/mol. The summed E-state index contributed by atoms with van der Waals surface area (Å²) in [4.78, 5) is 21.6. The fraction of sp³-hybridized carbons (Fsp3) is 0.364. The minimum Gasteiger partial charge on any atom is -0.393 e. The Labute approximate surface area is 99.0 Å². The second-order valence-corrected chi connectivity index (χ2v) is 4.05. The molecule has 0 aliphatic rings. The van der Waals surface area contributed by atoms with Crippen molar-refractivity contribution in [3.63, 3.8) is 0 Å². The minimum absolute atomic E-state index is 0.0475. The van der Waals surface area contributed by atoms with Gasteiger partial charge in [-0.3, -0.25) is 14.9 Å². The highest BCUT2D eigenvalue weighted by Gasteiger charge is 2.13. The minimum atomic E-state index is -0.556. The van der Waals surface area contributed by atoms with Gasteiger partial charge in [-0.05, 0) is 25.5 Å². The van der Waals surface area contributed by atoms with E-state index < -0.39 is 4.92 Å². The van der Waals surface area contributed by atoms with Crippen molar-refractivity contribution < 1.29 is 9.72 Å². The number of nitro groups is 1. The van der Waals surface area contributed by atoms with E-state index in [1.807, 2.05) is 13.8 Å². The van der Waals surface area contributed by atoms with Crippen molar-refractivity contribution in [3.8, 4) is 0 Å². The zero-order chi connectivity index (χ0) is 13.0. The molecule has 0 aromatic heterocycles. The van der Waals surface area contributed by atoms with Crippen LogP contribution in [0.2, 0.25) is 0 Å². The van der Waals surface area contributed by atoms with Crippen molar-refractivity contribution in [1.29, 1.82) is 0 Å². The van der Waals surface area contributed by atoms with E-state index in [-0.39, 0.29) is 29.7 Å². The van der Waals surface area contributed by atoms with Gasteiger partial charge in [0, 0.05) is 12.1 Å². The molecule has 0 bridgehead atoms. The molecule has 1 aromatic rings. The van der Waals surface area contributed by atoms with Crippen molar-refractivity contribution in [2.45, 2.75) is 26.3 Å². The van der Waals surface area contributed by atoms with Crippen LogP contribution >= 0.6 is 0 Å². The monoisotopic (exact) mass is 237 g/mol. The van der Waals surface area contributed by atoms with Crippen LogP contribution in [-0.2, 0) is 11.2 Å². The van der Waals surface area contributed by atoms with Crippen LogP contribution in [0.15, 0.2) is 18.2 Å². The third-order valence-corrected chi connectivity index (χ3v) is 2.11. The lowest BCUT2D eigenvalue weighted by atomic mass is 10.1. The van der Waals surface area contributed by atoms with Gasteiger partial charge < -0.3 is 11.1 Å². The molecule has 0 aliphatic heterocycles. The summed E-state index contributed by atoms with van der Waals surface area (Å²) in [6.07, 6.45) is 0.110. The summed E-state index contributed by atoms with van der Waals surface area (Å²) < 4.78 is 0. The molecule has 0 atom stereocenters. The molecule has 1 aromatic carbocycles. The third kappa shape index (κ3) is 3.75. The number of nitrogens with two attached hydrogens (primary N) is 1. The average Bonchev–Trinajstić information content (AvgIpc) is 2.19. The number of hydrogen-bond donors (Lipinski definition) is 2. The Morgan fingerprint density at radius 3 is 2.71 bits per heavy atom. The first-order valence-corrected chi connectivity index (χ1v) is 5.22. The third-order valence-electron chi connectivity index (χ3n) is 2.11. The predicted octanol–water partition coefficient (Wildman–Crippen LogP) is 1.24. The van der Waals surface area contributed by atoms with Crippen LogP contribution in [0.4, 0.5) is 11.4 Å². The number of hydrogen-bond acceptors (Lipinski definition) is 4. The molecule has 0 aliphatic carbocycles. The van der Waals surface area contributed by atoms with Crippen LogP contribution in [0.1, 0.15) is 19.4 Å². The lowest BCUT2D eigenvalue weighted by molar-refractivity contribution is -0.383. The van der Waals surface area contributed by atoms with E-state index in [1.54, 1.807) is 6.07 Å². The van der Waals surface area contributed by atoms with Gasteiger partial charge in [-0.25, -0.2) is 0 Å². The summed E-state index contributed by atoms with van der Waals surface area (Å²) in [6.45, 7) is 3.70. The van der Waals surface area contributed by atoms with Gasteiger partial charge in [-0.2, -0.15) is 0 Å². The highest BCUT2D eigenvalue weighted by Crippen LogP contribution is 2.22. The zero-order valence-corrected chi connectivity index (χ0v) is 9.77. The van der Waals surface area contributed by atoms with Gasteiger partial charge >= 0.3 is 0 Å². The zero-order valence-electron chi connectivity index (χ0n) is 9.77. The van der Waals surface area contributed by atoms with Crippen LogP contribution in [0.3, 0.4) is 0 Å². The van der Waals surface area contributed by atoms with E-state index in [9.17, 15) is 14.9 Å². The Morgan fingerprint density at radius 1 is 1.53 bits per heavy atom. The number of carbonyl (C=O) groups excluding carboxylic acids is 1.